The van der Waals surface area contributed by atoms with E-state index in [-0.39, 0.29) is 0 Å². The van der Waals surface area contributed by atoms with Crippen LogP contribution in [0.4, 0.5) is 0 Å². The maximum Gasteiger partial charge on any atom is 0.143 e. The first-order valence-corrected chi connectivity index (χ1v) is 17.2. The third kappa shape index (κ3) is 3.55. The third-order valence-electron chi connectivity index (χ3n) is 10.3. The van der Waals surface area contributed by atoms with E-state index in [1.54, 1.807) is 0 Å². The first-order valence-electron chi connectivity index (χ1n) is 16.4. The molecule has 222 valence electrons. The Kier molecular flexibility index (Phi) is 5.32. The average Bonchev–Trinajstić information content (AvgIpc) is 3.72. The SMILES string of the molecule is c1ccc2c(-c3c4ccccc4c(-c4ccc5c(c4)sc4ccc6c(ccc7c8ccccc8oc76)c45)c4ccccc34)cccc2c1. The highest BCUT2D eigenvalue weighted by atomic mass is 32.1. The van der Waals surface area contributed by atoms with E-state index in [4.69, 9.17) is 4.42 Å². The molecule has 2 heteroatoms. The van der Waals surface area contributed by atoms with Crippen LogP contribution in [0.2, 0.25) is 0 Å². The van der Waals surface area contributed by atoms with Gasteiger partial charge in [0.1, 0.15) is 11.2 Å². The molecule has 0 atom stereocenters. The summed E-state index contributed by atoms with van der Waals surface area (Å²) in [5.41, 5.74) is 7.01. The van der Waals surface area contributed by atoms with Crippen molar-refractivity contribution in [1.82, 2.24) is 0 Å². The van der Waals surface area contributed by atoms with Gasteiger partial charge in [-0.05, 0) is 90.3 Å². The quantitative estimate of drug-likeness (QED) is 0.174. The van der Waals surface area contributed by atoms with Gasteiger partial charge in [0.25, 0.3) is 0 Å². The first kappa shape index (κ1) is 26.1. The highest BCUT2D eigenvalue weighted by molar-refractivity contribution is 7.26. The molecule has 1 nitrogen and oxygen atoms in total. The highest BCUT2D eigenvalue weighted by Gasteiger charge is 2.19. The number of fused-ring (bicyclic) bond motifs is 12. The van der Waals surface area contributed by atoms with Gasteiger partial charge in [-0.3, -0.25) is 0 Å². The van der Waals surface area contributed by atoms with Crippen molar-refractivity contribution in [3.05, 3.63) is 158 Å². The van der Waals surface area contributed by atoms with Crippen LogP contribution in [0.5, 0.6) is 0 Å². The van der Waals surface area contributed by atoms with Gasteiger partial charge in [0.05, 0.1) is 0 Å². The molecule has 2 aromatic heterocycles. The lowest BCUT2D eigenvalue weighted by atomic mass is 9.84. The molecular formula is C46H26OS. The molecule has 0 fully saturated rings. The van der Waals surface area contributed by atoms with Crippen molar-refractivity contribution in [3.8, 4) is 22.3 Å². The lowest BCUT2D eigenvalue weighted by molar-refractivity contribution is 0.672. The van der Waals surface area contributed by atoms with Crippen LogP contribution in [0, 0.1) is 0 Å². The number of benzene rings is 9. The summed E-state index contributed by atoms with van der Waals surface area (Å²) >= 11 is 1.88. The van der Waals surface area contributed by atoms with Crippen LogP contribution in [-0.4, -0.2) is 0 Å². The van der Waals surface area contributed by atoms with Crippen LogP contribution >= 0.6 is 11.3 Å². The predicted octanol–water partition coefficient (Wildman–Crippen LogP) is 13.9. The van der Waals surface area contributed by atoms with Crippen molar-refractivity contribution >= 4 is 96.5 Å². The van der Waals surface area contributed by atoms with Crippen LogP contribution in [0.15, 0.2) is 162 Å². The summed E-state index contributed by atoms with van der Waals surface area (Å²) in [5, 5.41) is 15.0. The normalized spacial score (nSPS) is 12.2. The Morgan fingerprint density at radius 1 is 0.375 bits per heavy atom. The molecule has 2 heterocycles. The van der Waals surface area contributed by atoms with Crippen LogP contribution < -0.4 is 0 Å². The number of hydrogen-bond acceptors (Lipinski definition) is 2. The molecule has 0 saturated heterocycles. The molecule has 0 aliphatic rings. The largest absolute Gasteiger partial charge is 0.455 e. The second-order valence-corrected chi connectivity index (χ2v) is 13.8. The highest BCUT2D eigenvalue weighted by Crippen LogP contribution is 2.47. The van der Waals surface area contributed by atoms with Crippen LogP contribution in [-0.2, 0) is 0 Å². The number of furan rings is 1. The number of hydrogen-bond donors (Lipinski definition) is 0. The molecule has 11 aromatic rings. The maximum atomic E-state index is 6.43. The molecule has 0 bridgehead atoms. The van der Waals surface area contributed by atoms with Gasteiger partial charge in [0, 0.05) is 36.3 Å². The van der Waals surface area contributed by atoms with E-state index >= 15 is 0 Å². The monoisotopic (exact) mass is 626 g/mol. The number of thiophene rings is 1. The maximum absolute atomic E-state index is 6.43. The summed E-state index contributed by atoms with van der Waals surface area (Å²) in [6.45, 7) is 0. The second-order valence-electron chi connectivity index (χ2n) is 12.8. The predicted molar refractivity (Wildman–Crippen MR) is 208 cm³/mol. The Balaban J connectivity index is 1.18. The Morgan fingerprint density at radius 3 is 1.75 bits per heavy atom. The van der Waals surface area contributed by atoms with Gasteiger partial charge in [-0.25, -0.2) is 0 Å². The Hall–Kier alpha value is -5.96. The van der Waals surface area contributed by atoms with Crippen molar-refractivity contribution in [3.63, 3.8) is 0 Å². The minimum absolute atomic E-state index is 0.936. The molecular weight excluding hydrogens is 601 g/mol. The van der Waals surface area contributed by atoms with Crippen molar-refractivity contribution < 1.29 is 4.42 Å². The molecule has 0 N–H and O–H groups in total. The van der Waals surface area contributed by atoms with Crippen LogP contribution in [0.25, 0.3) is 107 Å². The van der Waals surface area contributed by atoms with Crippen LogP contribution in [0.1, 0.15) is 0 Å². The summed E-state index contributed by atoms with van der Waals surface area (Å²) in [7, 11) is 0. The molecule has 0 aliphatic heterocycles. The Bertz CT molecular complexity index is 3060. The zero-order valence-electron chi connectivity index (χ0n) is 25.8. The third-order valence-corrected chi connectivity index (χ3v) is 11.4. The van der Waals surface area contributed by atoms with Gasteiger partial charge in [0.15, 0.2) is 0 Å². The average molecular weight is 627 g/mol. The molecule has 11 rings (SSSR count). The smallest absolute Gasteiger partial charge is 0.143 e. The fourth-order valence-corrected chi connectivity index (χ4v) is 9.35. The first-order chi connectivity index (χ1) is 23.8. The van der Waals surface area contributed by atoms with E-state index in [0.717, 1.165) is 11.2 Å². The van der Waals surface area contributed by atoms with Gasteiger partial charge in [-0.1, -0.05) is 127 Å². The zero-order chi connectivity index (χ0) is 31.3. The lowest BCUT2D eigenvalue weighted by Gasteiger charge is -2.18. The molecule has 0 saturated carbocycles. The molecule has 48 heavy (non-hydrogen) atoms. The standard InChI is InChI=1S/C46H26OS/c1-2-12-29-27(10-1)11-9-18-31(29)44-34-16-5-3-14-32(34)43(33-15-4-6-17-35(33)44)28-20-21-39-42(26-28)48-41-25-24-38-36(45(39)41)22-23-37-30-13-7-8-19-40(30)47-46(37)38/h1-26H. The summed E-state index contributed by atoms with van der Waals surface area (Å²) < 4.78 is 9.03. The van der Waals surface area contributed by atoms with Crippen molar-refractivity contribution in [1.29, 1.82) is 0 Å². The van der Waals surface area contributed by atoms with Crippen LogP contribution in [0.3, 0.4) is 0 Å². The molecule has 9 aromatic carbocycles. The van der Waals surface area contributed by atoms with E-state index in [0.29, 0.717) is 0 Å². The molecule has 0 amide bonds. The summed E-state index contributed by atoms with van der Waals surface area (Å²) in [4.78, 5) is 0. The molecule has 0 spiro atoms. The molecule has 0 radical (unpaired) electrons. The summed E-state index contributed by atoms with van der Waals surface area (Å²) in [6.07, 6.45) is 0. The topological polar surface area (TPSA) is 13.1 Å². The van der Waals surface area contributed by atoms with Gasteiger partial charge in [-0.15, -0.1) is 11.3 Å². The van der Waals surface area contributed by atoms with E-state index < -0.39 is 0 Å². The fraction of sp³-hybridized carbons (Fsp3) is 0. The van der Waals surface area contributed by atoms with Crippen molar-refractivity contribution in [2.45, 2.75) is 0 Å². The number of rotatable bonds is 2. The summed E-state index contributed by atoms with van der Waals surface area (Å²) in [6, 6.07) is 57.8. The Labute approximate surface area is 279 Å². The minimum atomic E-state index is 0.936. The van der Waals surface area contributed by atoms with Crippen molar-refractivity contribution in [2.75, 3.05) is 0 Å². The molecule has 0 aliphatic carbocycles. The van der Waals surface area contributed by atoms with E-state index in [1.165, 1.54) is 96.3 Å². The zero-order valence-corrected chi connectivity index (χ0v) is 26.6. The van der Waals surface area contributed by atoms with Gasteiger partial charge in [0.2, 0.25) is 0 Å². The Morgan fingerprint density at radius 2 is 0.958 bits per heavy atom. The fourth-order valence-electron chi connectivity index (χ4n) is 8.19. The van der Waals surface area contributed by atoms with Gasteiger partial charge in [-0.2, -0.15) is 0 Å². The lowest BCUT2D eigenvalue weighted by Crippen LogP contribution is -1.91. The van der Waals surface area contributed by atoms with Crippen molar-refractivity contribution in [2.24, 2.45) is 0 Å². The number of para-hydroxylation sites is 1. The molecule has 0 unspecified atom stereocenters. The second kappa shape index (κ2) is 9.78. The van der Waals surface area contributed by atoms with E-state index in [1.807, 2.05) is 17.4 Å². The minimum Gasteiger partial charge on any atom is -0.455 e. The van der Waals surface area contributed by atoms with E-state index in [9.17, 15) is 0 Å². The summed E-state index contributed by atoms with van der Waals surface area (Å²) in [5.74, 6) is 0. The van der Waals surface area contributed by atoms with Gasteiger partial charge < -0.3 is 4.42 Å². The van der Waals surface area contributed by atoms with E-state index in [2.05, 4.69) is 152 Å². The van der Waals surface area contributed by atoms with Gasteiger partial charge >= 0.3 is 0 Å².